The smallest absolute Gasteiger partial charge is 0.191 e. The van der Waals surface area contributed by atoms with Crippen LogP contribution in [0.3, 0.4) is 0 Å². The summed E-state index contributed by atoms with van der Waals surface area (Å²) in [6, 6.07) is 15.0. The first-order valence-corrected chi connectivity index (χ1v) is 9.68. The van der Waals surface area contributed by atoms with Crippen molar-refractivity contribution in [1.29, 1.82) is 0 Å². The molecule has 0 aliphatic carbocycles. The topological polar surface area (TPSA) is 48.9 Å². The predicted molar refractivity (Wildman–Crippen MR) is 128 cm³/mol. The molecule has 1 aliphatic rings. The highest BCUT2D eigenvalue weighted by Gasteiger charge is 2.11. The number of guanidine groups is 1. The summed E-state index contributed by atoms with van der Waals surface area (Å²) in [5.74, 6) is 1.90. The summed E-state index contributed by atoms with van der Waals surface area (Å²) in [5.41, 5.74) is 5.06. The lowest BCUT2D eigenvalue weighted by Gasteiger charge is -2.14. The Hall–Kier alpha value is -1.96. The quantitative estimate of drug-likeness (QED) is 0.351. The molecule has 0 aromatic heterocycles. The summed E-state index contributed by atoms with van der Waals surface area (Å²) < 4.78 is 5.58. The van der Waals surface area contributed by atoms with E-state index in [2.05, 4.69) is 79.0 Å². The fraction of sp³-hybridized carbons (Fsp3) is 0.409. The van der Waals surface area contributed by atoms with Gasteiger partial charge in [0.25, 0.3) is 0 Å². The molecule has 0 bridgehead atoms. The highest BCUT2D eigenvalue weighted by atomic mass is 127. The fourth-order valence-electron chi connectivity index (χ4n) is 3.17. The standard InChI is InChI=1S/C22H30N4O.HI/c1-4-23-22(25-16-18-6-5-7-20(15-18)26(2)3)24-12-10-17-8-9-21-19(14-17)11-13-27-21;/h5-9,14-15H,4,10-13,16H2,1-3H3,(H2,23,24,25);1H. The summed E-state index contributed by atoms with van der Waals surface area (Å²) in [4.78, 5) is 6.84. The van der Waals surface area contributed by atoms with E-state index in [-0.39, 0.29) is 24.0 Å². The molecule has 0 fully saturated rings. The highest BCUT2D eigenvalue weighted by molar-refractivity contribution is 14.0. The summed E-state index contributed by atoms with van der Waals surface area (Å²) in [6.45, 7) is 5.25. The Bertz CT molecular complexity index is 792. The van der Waals surface area contributed by atoms with Gasteiger partial charge in [-0.1, -0.05) is 24.3 Å². The van der Waals surface area contributed by atoms with Crippen molar-refractivity contribution in [3.8, 4) is 5.75 Å². The van der Waals surface area contributed by atoms with Gasteiger partial charge in [-0.2, -0.15) is 0 Å². The average molecular weight is 494 g/mol. The van der Waals surface area contributed by atoms with Gasteiger partial charge in [0.15, 0.2) is 5.96 Å². The van der Waals surface area contributed by atoms with Crippen LogP contribution in [0.5, 0.6) is 5.75 Å². The fourth-order valence-corrected chi connectivity index (χ4v) is 3.17. The number of ether oxygens (including phenoxy) is 1. The van der Waals surface area contributed by atoms with Crippen LogP contribution in [0.2, 0.25) is 0 Å². The zero-order valence-electron chi connectivity index (χ0n) is 17.0. The first kappa shape index (κ1) is 22.3. The molecule has 6 heteroatoms. The Morgan fingerprint density at radius 1 is 1.11 bits per heavy atom. The molecular weight excluding hydrogens is 463 g/mol. The number of fused-ring (bicyclic) bond motifs is 1. The Balaban J connectivity index is 0.00000280. The predicted octanol–water partition coefficient (Wildman–Crippen LogP) is 3.60. The first-order valence-electron chi connectivity index (χ1n) is 9.68. The summed E-state index contributed by atoms with van der Waals surface area (Å²) in [6.07, 6.45) is 1.99. The molecule has 0 radical (unpaired) electrons. The van der Waals surface area contributed by atoms with E-state index in [1.54, 1.807) is 0 Å². The summed E-state index contributed by atoms with van der Waals surface area (Å²) in [7, 11) is 4.11. The van der Waals surface area contributed by atoms with Gasteiger partial charge in [-0.3, -0.25) is 0 Å². The molecule has 2 N–H and O–H groups in total. The van der Waals surface area contributed by atoms with Crippen molar-refractivity contribution in [2.45, 2.75) is 26.3 Å². The van der Waals surface area contributed by atoms with Gasteiger partial charge in [0.1, 0.15) is 5.75 Å². The van der Waals surface area contributed by atoms with E-state index >= 15 is 0 Å². The third-order valence-electron chi connectivity index (χ3n) is 4.65. The monoisotopic (exact) mass is 494 g/mol. The Morgan fingerprint density at radius 3 is 2.75 bits per heavy atom. The lowest BCUT2D eigenvalue weighted by Crippen LogP contribution is -2.38. The largest absolute Gasteiger partial charge is 0.493 e. The number of anilines is 1. The van der Waals surface area contributed by atoms with Gasteiger partial charge in [0.05, 0.1) is 13.2 Å². The number of benzene rings is 2. The number of rotatable bonds is 7. The molecule has 0 amide bonds. The second-order valence-electron chi connectivity index (χ2n) is 6.98. The van der Waals surface area contributed by atoms with Crippen LogP contribution in [0.25, 0.3) is 0 Å². The molecule has 0 spiro atoms. The van der Waals surface area contributed by atoms with E-state index in [0.717, 1.165) is 44.2 Å². The minimum absolute atomic E-state index is 0. The molecule has 1 heterocycles. The third-order valence-corrected chi connectivity index (χ3v) is 4.65. The lowest BCUT2D eigenvalue weighted by atomic mass is 10.1. The van der Waals surface area contributed by atoms with Crippen molar-refractivity contribution in [2.24, 2.45) is 4.99 Å². The molecule has 2 aromatic rings. The van der Waals surface area contributed by atoms with E-state index in [0.29, 0.717) is 6.54 Å². The maximum atomic E-state index is 5.58. The van der Waals surface area contributed by atoms with Crippen LogP contribution in [0.1, 0.15) is 23.6 Å². The minimum atomic E-state index is 0. The van der Waals surface area contributed by atoms with Crippen LogP contribution in [0, 0.1) is 0 Å². The number of hydrogen-bond donors (Lipinski definition) is 2. The Labute approximate surface area is 185 Å². The number of nitrogens with zero attached hydrogens (tertiary/aromatic N) is 2. The molecule has 0 saturated heterocycles. The molecular formula is C22H31IN4O. The van der Waals surface area contributed by atoms with E-state index in [1.165, 1.54) is 22.4 Å². The van der Waals surface area contributed by atoms with E-state index in [9.17, 15) is 0 Å². The van der Waals surface area contributed by atoms with Crippen LogP contribution < -0.4 is 20.3 Å². The zero-order chi connectivity index (χ0) is 19.1. The van der Waals surface area contributed by atoms with Crippen molar-refractivity contribution in [3.63, 3.8) is 0 Å². The molecule has 0 saturated carbocycles. The van der Waals surface area contributed by atoms with Gasteiger partial charge in [-0.05, 0) is 48.2 Å². The van der Waals surface area contributed by atoms with Gasteiger partial charge in [0.2, 0.25) is 0 Å². The van der Waals surface area contributed by atoms with Gasteiger partial charge in [0, 0.05) is 39.3 Å². The van der Waals surface area contributed by atoms with Crippen LogP contribution >= 0.6 is 24.0 Å². The SMILES string of the molecule is CCNC(=NCc1cccc(N(C)C)c1)NCCc1ccc2c(c1)CCO2.I. The first-order chi connectivity index (χ1) is 13.2. The molecule has 1 aliphatic heterocycles. The number of aliphatic imine (C=N–C) groups is 1. The van der Waals surface area contributed by atoms with Crippen LogP contribution in [-0.2, 0) is 19.4 Å². The van der Waals surface area contributed by atoms with Crippen molar-refractivity contribution in [1.82, 2.24) is 10.6 Å². The normalized spacial score (nSPS) is 12.6. The minimum Gasteiger partial charge on any atom is -0.493 e. The van der Waals surface area contributed by atoms with E-state index < -0.39 is 0 Å². The van der Waals surface area contributed by atoms with Gasteiger partial charge in [-0.15, -0.1) is 24.0 Å². The molecule has 28 heavy (non-hydrogen) atoms. The summed E-state index contributed by atoms with van der Waals surface area (Å²) in [5, 5.41) is 6.77. The summed E-state index contributed by atoms with van der Waals surface area (Å²) >= 11 is 0. The maximum absolute atomic E-state index is 5.58. The van der Waals surface area contributed by atoms with Crippen molar-refractivity contribution >= 4 is 35.6 Å². The van der Waals surface area contributed by atoms with Gasteiger partial charge in [-0.25, -0.2) is 4.99 Å². The highest BCUT2D eigenvalue weighted by Crippen LogP contribution is 2.25. The molecule has 0 unspecified atom stereocenters. The maximum Gasteiger partial charge on any atom is 0.191 e. The second kappa shape index (κ2) is 11.1. The number of hydrogen-bond acceptors (Lipinski definition) is 3. The van der Waals surface area contributed by atoms with Crippen LogP contribution in [0.4, 0.5) is 5.69 Å². The number of nitrogens with one attached hydrogen (secondary N) is 2. The van der Waals surface area contributed by atoms with E-state index in [4.69, 9.17) is 9.73 Å². The molecule has 5 nitrogen and oxygen atoms in total. The van der Waals surface area contributed by atoms with E-state index in [1.807, 2.05) is 0 Å². The second-order valence-corrected chi connectivity index (χ2v) is 6.98. The third kappa shape index (κ3) is 6.29. The average Bonchev–Trinajstić information content (AvgIpc) is 3.14. The Morgan fingerprint density at radius 2 is 1.96 bits per heavy atom. The number of halogens is 1. The van der Waals surface area contributed by atoms with Crippen molar-refractivity contribution < 1.29 is 4.74 Å². The van der Waals surface area contributed by atoms with Gasteiger partial charge < -0.3 is 20.3 Å². The Kier molecular flexibility index (Phi) is 8.89. The molecule has 2 aromatic carbocycles. The van der Waals surface area contributed by atoms with Gasteiger partial charge >= 0.3 is 0 Å². The zero-order valence-corrected chi connectivity index (χ0v) is 19.3. The molecule has 3 rings (SSSR count). The van der Waals surface area contributed by atoms with Crippen LogP contribution in [0.15, 0.2) is 47.5 Å². The van der Waals surface area contributed by atoms with Crippen LogP contribution in [-0.4, -0.2) is 39.8 Å². The molecule has 0 atom stereocenters. The lowest BCUT2D eigenvalue weighted by molar-refractivity contribution is 0.357. The van der Waals surface area contributed by atoms with Crippen molar-refractivity contribution in [2.75, 3.05) is 38.7 Å². The molecule has 152 valence electrons. The van der Waals surface area contributed by atoms with Crippen molar-refractivity contribution in [3.05, 3.63) is 59.2 Å².